The number of nitrogens with zero attached hydrogens (tertiary/aromatic N) is 1. The van der Waals surface area contributed by atoms with Crippen LogP contribution in [0.2, 0.25) is 0 Å². The van der Waals surface area contributed by atoms with E-state index in [1.807, 2.05) is 0 Å². The van der Waals surface area contributed by atoms with Crippen molar-refractivity contribution in [3.05, 3.63) is 16.3 Å². The fourth-order valence-corrected chi connectivity index (χ4v) is 5.90. The molecular weight excluding hydrogens is 362 g/mol. The first-order valence-electron chi connectivity index (χ1n) is 8.57. The van der Waals surface area contributed by atoms with Gasteiger partial charge in [0.15, 0.2) is 0 Å². The van der Waals surface area contributed by atoms with Crippen molar-refractivity contribution in [3.63, 3.8) is 0 Å². The summed E-state index contributed by atoms with van der Waals surface area (Å²) in [6.07, 6.45) is 1.99. The van der Waals surface area contributed by atoms with Crippen LogP contribution in [0.1, 0.15) is 29.4 Å². The summed E-state index contributed by atoms with van der Waals surface area (Å²) in [5.41, 5.74) is 0.0570. The predicted molar refractivity (Wildman–Crippen MR) is 96.4 cm³/mol. The van der Waals surface area contributed by atoms with Gasteiger partial charge in [0.05, 0.1) is 13.2 Å². The highest BCUT2D eigenvalue weighted by atomic mass is 32.2. The molecule has 2 saturated heterocycles. The van der Waals surface area contributed by atoms with Crippen LogP contribution in [0, 0.1) is 5.41 Å². The molecule has 3 rings (SSSR count). The van der Waals surface area contributed by atoms with Gasteiger partial charge in [-0.05, 0) is 42.8 Å². The summed E-state index contributed by atoms with van der Waals surface area (Å²) in [6.45, 7) is 6.03. The number of morpholine rings is 1. The Balaban J connectivity index is 1.71. The van der Waals surface area contributed by atoms with Crippen LogP contribution >= 0.6 is 11.3 Å². The van der Waals surface area contributed by atoms with Gasteiger partial charge in [0.25, 0.3) is 5.91 Å². The number of nitrogens with one attached hydrogen (secondary N) is 2. The molecule has 0 saturated carbocycles. The lowest BCUT2D eigenvalue weighted by molar-refractivity contribution is 0.0730. The van der Waals surface area contributed by atoms with Crippen molar-refractivity contribution < 1.29 is 17.9 Å². The van der Waals surface area contributed by atoms with Gasteiger partial charge in [-0.1, -0.05) is 6.92 Å². The fourth-order valence-electron chi connectivity index (χ4n) is 3.17. The third kappa shape index (κ3) is 4.22. The summed E-state index contributed by atoms with van der Waals surface area (Å²) in [7, 11) is -3.66. The highest BCUT2D eigenvalue weighted by molar-refractivity contribution is 7.89. The van der Waals surface area contributed by atoms with Crippen molar-refractivity contribution in [1.82, 2.24) is 14.9 Å². The molecule has 0 aliphatic carbocycles. The van der Waals surface area contributed by atoms with Crippen LogP contribution in [0.15, 0.2) is 16.3 Å². The number of sulfonamides is 1. The van der Waals surface area contributed by atoms with Gasteiger partial charge < -0.3 is 15.4 Å². The maximum atomic E-state index is 12.8. The molecule has 2 aliphatic rings. The molecule has 0 unspecified atom stereocenters. The average Bonchev–Trinajstić information content (AvgIpc) is 3.12. The number of carbonyl (C=O) groups is 1. The van der Waals surface area contributed by atoms with Crippen molar-refractivity contribution in [2.75, 3.05) is 45.9 Å². The summed E-state index contributed by atoms with van der Waals surface area (Å²) in [6, 6.07) is 1.52. The molecule has 2 aliphatic heterocycles. The molecule has 1 aromatic heterocycles. The Morgan fingerprint density at radius 2 is 2.04 bits per heavy atom. The van der Waals surface area contributed by atoms with E-state index in [-0.39, 0.29) is 21.1 Å². The number of ether oxygens (including phenoxy) is 1. The smallest absolute Gasteiger partial charge is 0.262 e. The summed E-state index contributed by atoms with van der Waals surface area (Å²) < 4.78 is 32.3. The molecule has 0 aromatic carbocycles. The molecule has 3 heterocycles. The zero-order chi connectivity index (χ0) is 17.9. The van der Waals surface area contributed by atoms with Crippen molar-refractivity contribution in [2.24, 2.45) is 5.41 Å². The van der Waals surface area contributed by atoms with Gasteiger partial charge in [0, 0.05) is 19.6 Å². The normalized spacial score (nSPS) is 21.8. The molecule has 0 bridgehead atoms. The number of hydrogen-bond acceptors (Lipinski definition) is 6. The lowest BCUT2D eigenvalue weighted by atomic mass is 9.81. The summed E-state index contributed by atoms with van der Waals surface area (Å²) in [5.74, 6) is -0.304. The Hall–Kier alpha value is -1.00. The molecular formula is C16H25N3O4S2. The minimum Gasteiger partial charge on any atom is -0.379 e. The quantitative estimate of drug-likeness (QED) is 0.783. The standard InChI is InChI=1S/C16H25N3O4S2/c1-16(3-5-17-6-4-16)12-18-15(20)14-13(2-11-24-14)25(21,22)19-7-9-23-10-8-19/h2,11,17H,3-10,12H2,1H3,(H,18,20). The molecule has 1 aromatic rings. The molecule has 0 radical (unpaired) electrons. The zero-order valence-corrected chi connectivity index (χ0v) is 16.0. The summed E-state index contributed by atoms with van der Waals surface area (Å²) in [5, 5.41) is 7.92. The molecule has 7 nitrogen and oxygen atoms in total. The second kappa shape index (κ2) is 7.71. The topological polar surface area (TPSA) is 87.7 Å². The van der Waals surface area contributed by atoms with Crippen LogP contribution in [0.4, 0.5) is 0 Å². The van der Waals surface area contributed by atoms with E-state index >= 15 is 0 Å². The van der Waals surface area contributed by atoms with Gasteiger partial charge in [-0.15, -0.1) is 11.3 Å². The van der Waals surface area contributed by atoms with Gasteiger partial charge >= 0.3 is 0 Å². The minimum absolute atomic E-state index is 0.0570. The zero-order valence-electron chi connectivity index (χ0n) is 14.4. The van der Waals surface area contributed by atoms with Crippen molar-refractivity contribution in [2.45, 2.75) is 24.7 Å². The second-order valence-corrected chi connectivity index (χ2v) is 9.70. The van der Waals surface area contributed by atoms with Gasteiger partial charge in [-0.2, -0.15) is 4.31 Å². The molecule has 2 N–H and O–H groups in total. The Bertz CT molecular complexity index is 705. The first kappa shape index (κ1) is 18.8. The van der Waals surface area contributed by atoms with E-state index in [9.17, 15) is 13.2 Å². The molecule has 0 atom stereocenters. The van der Waals surface area contributed by atoms with E-state index in [1.165, 1.54) is 21.7 Å². The van der Waals surface area contributed by atoms with E-state index in [0.717, 1.165) is 25.9 Å². The number of rotatable bonds is 5. The Kier molecular flexibility index (Phi) is 5.79. The van der Waals surface area contributed by atoms with Crippen molar-refractivity contribution in [3.8, 4) is 0 Å². The maximum absolute atomic E-state index is 12.8. The molecule has 25 heavy (non-hydrogen) atoms. The lowest BCUT2D eigenvalue weighted by Crippen LogP contribution is -2.43. The van der Waals surface area contributed by atoms with E-state index in [1.54, 1.807) is 5.38 Å². The van der Waals surface area contributed by atoms with Gasteiger partial charge in [0.1, 0.15) is 9.77 Å². The number of carbonyl (C=O) groups excluding carboxylic acids is 1. The number of thiophene rings is 1. The average molecular weight is 388 g/mol. The molecule has 9 heteroatoms. The highest BCUT2D eigenvalue weighted by Crippen LogP contribution is 2.28. The first-order chi connectivity index (χ1) is 11.9. The van der Waals surface area contributed by atoms with Gasteiger partial charge in [-0.25, -0.2) is 8.42 Å². The first-order valence-corrected chi connectivity index (χ1v) is 10.9. The van der Waals surface area contributed by atoms with Crippen LogP contribution in [0.3, 0.4) is 0 Å². The van der Waals surface area contributed by atoms with Gasteiger partial charge in [0.2, 0.25) is 10.0 Å². The second-order valence-electron chi connectivity index (χ2n) is 6.87. The van der Waals surface area contributed by atoms with Crippen LogP contribution in [0.25, 0.3) is 0 Å². The SMILES string of the molecule is CC1(CNC(=O)c2sccc2S(=O)(=O)N2CCOCC2)CCNCC1. The van der Waals surface area contributed by atoms with E-state index < -0.39 is 10.0 Å². The molecule has 1 amide bonds. The Labute approximate surface area is 152 Å². The predicted octanol–water partition coefficient (Wildman–Crippen LogP) is 0.889. The van der Waals surface area contributed by atoms with Gasteiger partial charge in [-0.3, -0.25) is 4.79 Å². The third-order valence-electron chi connectivity index (χ3n) is 4.91. The van der Waals surface area contributed by atoms with Crippen molar-refractivity contribution >= 4 is 27.3 Å². The Morgan fingerprint density at radius 1 is 1.36 bits per heavy atom. The van der Waals surface area contributed by atoms with E-state index in [0.29, 0.717) is 32.8 Å². The third-order valence-corrected chi connectivity index (χ3v) is 7.89. The monoisotopic (exact) mass is 387 g/mol. The van der Waals surface area contributed by atoms with Crippen LogP contribution in [0.5, 0.6) is 0 Å². The highest BCUT2D eigenvalue weighted by Gasteiger charge is 2.32. The fraction of sp³-hybridized carbons (Fsp3) is 0.688. The lowest BCUT2D eigenvalue weighted by Gasteiger charge is -2.34. The molecule has 140 valence electrons. The summed E-state index contributed by atoms with van der Waals surface area (Å²) >= 11 is 1.17. The molecule has 2 fully saturated rings. The van der Waals surface area contributed by atoms with Crippen molar-refractivity contribution in [1.29, 1.82) is 0 Å². The van der Waals surface area contributed by atoms with E-state index in [2.05, 4.69) is 17.6 Å². The van der Waals surface area contributed by atoms with Crippen LogP contribution < -0.4 is 10.6 Å². The Morgan fingerprint density at radius 3 is 2.72 bits per heavy atom. The van der Waals surface area contributed by atoms with Crippen LogP contribution in [-0.2, 0) is 14.8 Å². The minimum atomic E-state index is -3.66. The number of amides is 1. The maximum Gasteiger partial charge on any atom is 0.262 e. The number of hydrogen-bond donors (Lipinski definition) is 2. The number of piperidine rings is 1. The van der Waals surface area contributed by atoms with E-state index in [4.69, 9.17) is 4.74 Å². The molecule has 0 spiro atoms. The summed E-state index contributed by atoms with van der Waals surface area (Å²) in [4.78, 5) is 13.0. The largest absolute Gasteiger partial charge is 0.379 e. The van der Waals surface area contributed by atoms with Crippen LogP contribution in [-0.4, -0.2) is 64.6 Å².